The first-order chi connectivity index (χ1) is 18.0. The van der Waals surface area contributed by atoms with Gasteiger partial charge < -0.3 is 29.6 Å². The van der Waals surface area contributed by atoms with Gasteiger partial charge in [0.1, 0.15) is 0 Å². The zero-order chi connectivity index (χ0) is 26.4. The highest BCUT2D eigenvalue weighted by molar-refractivity contribution is 5.83. The van der Waals surface area contributed by atoms with Crippen molar-refractivity contribution in [3.05, 3.63) is 45.6 Å². The molecule has 2 N–H and O–H groups in total. The molecule has 0 aromatic heterocycles. The second-order valence-corrected chi connectivity index (χ2v) is 9.33. The van der Waals surface area contributed by atoms with E-state index in [1.807, 2.05) is 18.2 Å². The maximum atomic E-state index is 13.3. The van der Waals surface area contributed by atoms with E-state index in [9.17, 15) is 9.59 Å². The lowest BCUT2D eigenvalue weighted by molar-refractivity contribution is -0.119. The van der Waals surface area contributed by atoms with E-state index < -0.39 is 0 Å². The molecule has 1 fully saturated rings. The highest BCUT2D eigenvalue weighted by Crippen LogP contribution is 2.50. The number of carbonyl (C=O) groups excluding carboxylic acids is 1. The first-order valence-electron chi connectivity index (χ1n) is 12.8. The average molecular weight is 512 g/mol. The van der Waals surface area contributed by atoms with Crippen LogP contribution in [0.15, 0.2) is 29.1 Å². The summed E-state index contributed by atoms with van der Waals surface area (Å²) in [6.07, 6.45) is 2.21. The van der Waals surface area contributed by atoms with E-state index in [-0.39, 0.29) is 17.4 Å². The number of anilines is 1. The van der Waals surface area contributed by atoms with Gasteiger partial charge in [-0.3, -0.25) is 14.5 Å². The molecule has 1 saturated heterocycles. The summed E-state index contributed by atoms with van der Waals surface area (Å²) >= 11 is 0. The average Bonchev–Trinajstić information content (AvgIpc) is 3.14. The highest BCUT2D eigenvalue weighted by atomic mass is 16.5. The number of morpholine rings is 1. The molecular weight excluding hydrogens is 474 g/mol. The summed E-state index contributed by atoms with van der Waals surface area (Å²) in [6, 6.07) is 7.04. The predicted molar refractivity (Wildman–Crippen MR) is 143 cm³/mol. The van der Waals surface area contributed by atoms with Gasteiger partial charge in [0.15, 0.2) is 11.5 Å². The molecular formula is C28H37N3O6. The zero-order valence-corrected chi connectivity index (χ0v) is 22.1. The first kappa shape index (κ1) is 26.8. The molecule has 1 amide bonds. The number of carbonyl (C=O) groups is 1. The van der Waals surface area contributed by atoms with Crippen molar-refractivity contribution in [3.63, 3.8) is 0 Å². The molecule has 1 heterocycles. The number of rotatable bonds is 9. The van der Waals surface area contributed by atoms with Gasteiger partial charge in [0.05, 0.1) is 46.3 Å². The van der Waals surface area contributed by atoms with E-state index in [0.717, 1.165) is 61.5 Å². The second kappa shape index (κ2) is 12.3. The van der Waals surface area contributed by atoms with Crippen LogP contribution >= 0.6 is 0 Å². The van der Waals surface area contributed by atoms with Crippen LogP contribution in [0.3, 0.4) is 0 Å². The molecule has 1 aliphatic carbocycles. The molecule has 1 atom stereocenters. The van der Waals surface area contributed by atoms with Crippen LogP contribution < -0.4 is 30.3 Å². The normalized spacial score (nSPS) is 17.1. The van der Waals surface area contributed by atoms with Crippen LogP contribution in [0, 0.1) is 0 Å². The van der Waals surface area contributed by atoms with Crippen molar-refractivity contribution < 1.29 is 23.7 Å². The van der Waals surface area contributed by atoms with E-state index in [1.54, 1.807) is 27.4 Å². The number of aryl methyl sites for hydroxylation is 1. The fourth-order valence-electron chi connectivity index (χ4n) is 5.20. The SMILES string of the molecule is COc1cc2c(c(OC)c1OC)-c1ccc(NCCCN3CCOCC3)c(=O)cc1[C@H](NC(C)=O)CC2. The Kier molecular flexibility index (Phi) is 8.89. The number of nitrogens with zero attached hydrogens (tertiary/aromatic N) is 1. The molecule has 0 bridgehead atoms. The summed E-state index contributed by atoms with van der Waals surface area (Å²) in [4.78, 5) is 27.8. The fourth-order valence-corrected chi connectivity index (χ4v) is 5.20. The van der Waals surface area contributed by atoms with Crippen molar-refractivity contribution >= 4 is 11.6 Å². The van der Waals surface area contributed by atoms with Gasteiger partial charge in [-0.15, -0.1) is 0 Å². The van der Waals surface area contributed by atoms with E-state index in [1.165, 1.54) is 6.92 Å². The lowest BCUT2D eigenvalue weighted by Gasteiger charge is -2.26. The van der Waals surface area contributed by atoms with Crippen molar-refractivity contribution in [1.29, 1.82) is 0 Å². The molecule has 2 aromatic rings. The lowest BCUT2D eigenvalue weighted by Crippen LogP contribution is -2.37. The Hall–Kier alpha value is -3.30. The molecule has 37 heavy (non-hydrogen) atoms. The summed E-state index contributed by atoms with van der Waals surface area (Å²) in [7, 11) is 4.76. The van der Waals surface area contributed by atoms with Crippen molar-refractivity contribution in [1.82, 2.24) is 10.2 Å². The number of methoxy groups -OCH3 is 3. The van der Waals surface area contributed by atoms with Crippen LogP contribution in [0.4, 0.5) is 5.69 Å². The van der Waals surface area contributed by atoms with E-state index >= 15 is 0 Å². The van der Waals surface area contributed by atoms with Crippen LogP contribution in [0.25, 0.3) is 11.1 Å². The summed E-state index contributed by atoms with van der Waals surface area (Å²) in [5.41, 5.74) is 3.83. The van der Waals surface area contributed by atoms with E-state index in [2.05, 4.69) is 15.5 Å². The molecule has 9 heteroatoms. The Morgan fingerprint density at radius 3 is 2.51 bits per heavy atom. The summed E-state index contributed by atoms with van der Waals surface area (Å²) in [5, 5.41) is 6.37. The molecule has 0 unspecified atom stereocenters. The minimum absolute atomic E-state index is 0.120. The van der Waals surface area contributed by atoms with E-state index in [0.29, 0.717) is 42.3 Å². The summed E-state index contributed by atoms with van der Waals surface area (Å²) < 4.78 is 22.5. The lowest BCUT2D eigenvalue weighted by atomic mass is 9.95. The summed E-state index contributed by atoms with van der Waals surface area (Å²) in [6.45, 7) is 6.56. The first-order valence-corrected chi connectivity index (χ1v) is 12.8. The topological polar surface area (TPSA) is 98.4 Å². The van der Waals surface area contributed by atoms with Crippen LogP contribution in [0.2, 0.25) is 0 Å². The van der Waals surface area contributed by atoms with Crippen molar-refractivity contribution in [2.24, 2.45) is 0 Å². The van der Waals surface area contributed by atoms with Gasteiger partial charge in [-0.05, 0) is 60.7 Å². The van der Waals surface area contributed by atoms with Gasteiger partial charge in [-0.2, -0.15) is 0 Å². The largest absolute Gasteiger partial charge is 0.493 e. The molecule has 200 valence electrons. The number of fused-ring (bicyclic) bond motifs is 3. The van der Waals surface area contributed by atoms with Gasteiger partial charge >= 0.3 is 0 Å². The number of hydrogen-bond acceptors (Lipinski definition) is 8. The van der Waals surface area contributed by atoms with Crippen LogP contribution in [0.1, 0.15) is 36.9 Å². The minimum atomic E-state index is -0.323. The van der Waals surface area contributed by atoms with Crippen molar-refractivity contribution in [3.8, 4) is 28.4 Å². The Morgan fingerprint density at radius 1 is 1.08 bits per heavy atom. The molecule has 0 saturated carbocycles. The van der Waals surface area contributed by atoms with Crippen molar-refractivity contribution in [2.45, 2.75) is 32.2 Å². The quantitative estimate of drug-likeness (QED) is 0.496. The maximum absolute atomic E-state index is 13.3. The van der Waals surface area contributed by atoms with Gasteiger partial charge in [-0.25, -0.2) is 0 Å². The summed E-state index contributed by atoms with van der Waals surface area (Å²) in [5.74, 6) is 1.46. The standard InChI is InChI=1S/C28H37N3O6/c1-18(32)30-22-8-6-19-16-25(34-2)27(35-3)28(36-4)26(19)20-7-9-23(24(33)17-21(20)22)29-10-5-11-31-12-14-37-15-13-31/h7,9,16-17,22H,5-6,8,10-15H2,1-4H3,(H,29,33)(H,30,32)/t22-/m1/s1. The molecule has 0 spiro atoms. The minimum Gasteiger partial charge on any atom is -0.493 e. The van der Waals surface area contributed by atoms with Gasteiger partial charge in [0.2, 0.25) is 17.1 Å². The fraction of sp³-hybridized carbons (Fsp3) is 0.500. The monoisotopic (exact) mass is 511 g/mol. The predicted octanol–water partition coefficient (Wildman–Crippen LogP) is 3.00. The van der Waals surface area contributed by atoms with Gasteiger partial charge in [-0.1, -0.05) is 6.07 Å². The number of hydrogen-bond donors (Lipinski definition) is 2. The Labute approximate surface area is 218 Å². The third kappa shape index (κ3) is 5.99. The maximum Gasteiger partial charge on any atom is 0.217 e. The number of nitrogens with one attached hydrogen (secondary N) is 2. The molecule has 0 radical (unpaired) electrons. The van der Waals surface area contributed by atoms with E-state index in [4.69, 9.17) is 18.9 Å². The third-order valence-corrected chi connectivity index (χ3v) is 6.99. The number of ether oxygens (including phenoxy) is 4. The second-order valence-electron chi connectivity index (χ2n) is 9.33. The Morgan fingerprint density at radius 2 is 1.84 bits per heavy atom. The van der Waals surface area contributed by atoms with Crippen molar-refractivity contribution in [2.75, 3.05) is 66.0 Å². The highest BCUT2D eigenvalue weighted by Gasteiger charge is 2.29. The molecule has 2 aromatic carbocycles. The number of amides is 1. The Balaban J connectivity index is 1.73. The number of benzene rings is 1. The smallest absolute Gasteiger partial charge is 0.217 e. The Bertz CT molecular complexity index is 1180. The molecule has 1 aliphatic heterocycles. The van der Waals surface area contributed by atoms with Crippen LogP contribution in [-0.4, -0.2) is 71.5 Å². The van der Waals surface area contributed by atoms with Crippen LogP contribution in [0.5, 0.6) is 17.2 Å². The van der Waals surface area contributed by atoms with Gasteiger partial charge in [0, 0.05) is 32.1 Å². The zero-order valence-electron chi connectivity index (χ0n) is 22.1. The molecule has 4 rings (SSSR count). The molecule has 2 aliphatic rings. The molecule has 9 nitrogen and oxygen atoms in total. The van der Waals surface area contributed by atoms with Gasteiger partial charge in [0.25, 0.3) is 0 Å². The third-order valence-electron chi connectivity index (χ3n) is 6.99. The van der Waals surface area contributed by atoms with Crippen LogP contribution in [-0.2, 0) is 16.0 Å².